The van der Waals surface area contributed by atoms with Crippen LogP contribution >= 0.6 is 0 Å². The van der Waals surface area contributed by atoms with Crippen molar-refractivity contribution in [3.8, 4) is 11.5 Å². The van der Waals surface area contributed by atoms with Gasteiger partial charge in [-0.15, -0.1) is 10.2 Å². The van der Waals surface area contributed by atoms with Crippen molar-refractivity contribution in [2.75, 3.05) is 0 Å². The first-order chi connectivity index (χ1) is 22.5. The maximum absolute atomic E-state index is 12.1. The third-order valence-corrected chi connectivity index (χ3v) is 6.79. The molecule has 0 saturated carbocycles. The number of benzene rings is 4. The van der Waals surface area contributed by atoms with E-state index < -0.39 is 27.4 Å². The third-order valence-electron chi connectivity index (χ3n) is 6.79. The van der Waals surface area contributed by atoms with Crippen molar-refractivity contribution in [1.82, 2.24) is 5.23 Å². The predicted octanol–water partition coefficient (Wildman–Crippen LogP) is 5.48. The zero-order chi connectivity index (χ0) is 33.7. The molecule has 1 radical (unpaired) electrons. The normalized spacial score (nSPS) is 15.2. The van der Waals surface area contributed by atoms with Crippen LogP contribution in [0.3, 0.4) is 0 Å². The number of carbonyl (C=O) groups excluding carboxylic acids is 2. The Kier molecular flexibility index (Phi) is 10.9. The SMILES string of the molecule is Cc1cc(N=Nc2c([O-])ccc3ccccc23)c([O-])c([N+](=O)[O-])c1.O=C1C=CC(N([O-])[O-])=CC1=NN=C1C(=O)C=Cc2ccccc21.[Cr+3].[H+]. The number of aryl methyl sites for hydroxylation is 1. The average molecular weight is 682 g/mol. The van der Waals surface area contributed by atoms with Crippen LogP contribution in [-0.4, -0.2) is 33.1 Å². The summed E-state index contributed by atoms with van der Waals surface area (Å²) in [5.41, 5.74) is 0.911. The Labute approximate surface area is 284 Å². The molecule has 48 heavy (non-hydrogen) atoms. The predicted molar refractivity (Wildman–Crippen MR) is 171 cm³/mol. The Bertz CT molecular complexity index is 2140. The van der Waals surface area contributed by atoms with E-state index in [4.69, 9.17) is 0 Å². The van der Waals surface area contributed by atoms with Crippen molar-refractivity contribution in [2.24, 2.45) is 20.4 Å². The molecule has 0 fully saturated rings. The minimum absolute atomic E-state index is 0. The molecule has 0 atom stereocenters. The Morgan fingerprint density at radius 2 is 1.52 bits per heavy atom. The topological polar surface area (TPSA) is 222 Å². The van der Waals surface area contributed by atoms with E-state index in [1.165, 1.54) is 24.3 Å². The van der Waals surface area contributed by atoms with E-state index in [2.05, 4.69) is 20.4 Å². The maximum atomic E-state index is 12.1. The Morgan fingerprint density at radius 1 is 0.812 bits per heavy atom. The van der Waals surface area contributed by atoms with Gasteiger partial charge in [0.05, 0.1) is 16.3 Å². The van der Waals surface area contributed by atoms with Gasteiger partial charge in [0.25, 0.3) is 5.69 Å². The van der Waals surface area contributed by atoms with Crippen molar-refractivity contribution >= 4 is 56.9 Å². The van der Waals surface area contributed by atoms with Gasteiger partial charge in [0, 0.05) is 28.5 Å². The second-order valence-corrected chi connectivity index (χ2v) is 9.97. The fourth-order valence-electron chi connectivity index (χ4n) is 4.53. The van der Waals surface area contributed by atoms with Gasteiger partial charge in [-0.2, -0.15) is 10.2 Å². The number of hydrogen-bond donors (Lipinski definition) is 0. The summed E-state index contributed by atoms with van der Waals surface area (Å²) in [5.74, 6) is -2.02. The Morgan fingerprint density at radius 3 is 2.27 bits per heavy atom. The number of allylic oxidation sites excluding steroid dienone is 4. The number of nitro groups is 1. The number of hydroxylamine groups is 2. The summed E-state index contributed by atoms with van der Waals surface area (Å²) < 4.78 is 0. The molecule has 0 bridgehead atoms. The van der Waals surface area contributed by atoms with Crippen LogP contribution in [0.4, 0.5) is 17.1 Å². The molecule has 2 aliphatic carbocycles. The van der Waals surface area contributed by atoms with E-state index in [1.807, 2.05) is 24.3 Å². The molecule has 0 aliphatic heterocycles. The van der Waals surface area contributed by atoms with E-state index in [1.54, 1.807) is 43.3 Å². The number of ketones is 2. The molecule has 0 aromatic heterocycles. The summed E-state index contributed by atoms with van der Waals surface area (Å²) in [7, 11) is 0. The van der Waals surface area contributed by atoms with Gasteiger partial charge in [0.2, 0.25) is 11.6 Å². The number of nitro benzene ring substituents is 1. The molecule has 0 unspecified atom stereocenters. The number of fused-ring (bicyclic) bond motifs is 2. The smallest absolute Gasteiger partial charge is 0.871 e. The van der Waals surface area contributed by atoms with Crippen molar-refractivity contribution in [2.45, 2.75) is 6.92 Å². The number of nitrogens with zero attached hydrogens (tertiary/aromatic N) is 6. The minimum Gasteiger partial charge on any atom is -0.871 e. The third kappa shape index (κ3) is 7.64. The zero-order valence-electron chi connectivity index (χ0n) is 25.7. The molecule has 0 spiro atoms. The molecular weight excluding hydrogens is 660 g/mol. The summed E-state index contributed by atoms with van der Waals surface area (Å²) in [6.07, 6.45) is 6.21. The first-order valence-electron chi connectivity index (χ1n) is 13.7. The van der Waals surface area contributed by atoms with Gasteiger partial charge in [-0.05, 0) is 53.8 Å². The summed E-state index contributed by atoms with van der Waals surface area (Å²) in [4.78, 5) is 33.8. The van der Waals surface area contributed by atoms with Crippen LogP contribution in [0.15, 0.2) is 123 Å². The minimum atomic E-state index is -0.831. The monoisotopic (exact) mass is 681 g/mol. The standard InChI is InChI=1S/C17H13N3O4.C16H9N3O4.Cr/c1-10-8-13(17(22)14(9-10)20(23)24)18-19-16-12-5-3-2-4-11(12)6-7-15(16)21;20-14-8-6-11(19(22)23)9-13(14)17-18-16-12-4-2-1-3-10(12)5-7-15(16)21;/h2-9,21-22H,1H3;1-9H;/q;-2;+3/p-1. The molecule has 6 rings (SSSR count). The van der Waals surface area contributed by atoms with Gasteiger partial charge in [-0.25, -0.2) is 0 Å². The van der Waals surface area contributed by atoms with E-state index in [-0.39, 0.29) is 58.8 Å². The average Bonchev–Trinajstić information content (AvgIpc) is 3.06. The van der Waals surface area contributed by atoms with Crippen molar-refractivity contribution in [3.63, 3.8) is 0 Å². The van der Waals surface area contributed by atoms with Crippen LogP contribution in [0.5, 0.6) is 11.5 Å². The molecule has 2 aliphatic rings. The molecule has 0 saturated heterocycles. The van der Waals surface area contributed by atoms with Gasteiger partial charge in [-0.1, -0.05) is 72.5 Å². The number of rotatable bonds is 5. The van der Waals surface area contributed by atoms with Crippen LogP contribution in [-0.2, 0) is 27.0 Å². The van der Waals surface area contributed by atoms with Crippen molar-refractivity contribution in [1.29, 1.82) is 0 Å². The number of carbonyl (C=O) groups is 2. The summed E-state index contributed by atoms with van der Waals surface area (Å²) in [6, 6.07) is 19.9. The number of hydrogen-bond acceptors (Lipinski definition) is 13. The van der Waals surface area contributed by atoms with Crippen LogP contribution in [0, 0.1) is 27.5 Å². The van der Waals surface area contributed by atoms with Crippen LogP contribution < -0.4 is 10.2 Å². The summed E-state index contributed by atoms with van der Waals surface area (Å²) >= 11 is 0. The van der Waals surface area contributed by atoms with E-state index in [0.29, 0.717) is 16.5 Å². The van der Waals surface area contributed by atoms with E-state index in [0.717, 1.165) is 29.2 Å². The summed E-state index contributed by atoms with van der Waals surface area (Å²) in [5, 5.41) is 72.6. The van der Waals surface area contributed by atoms with E-state index in [9.17, 15) is 40.3 Å². The molecule has 0 N–H and O–H groups in total. The largest absolute Gasteiger partial charge is 3.00 e. The fourth-order valence-corrected chi connectivity index (χ4v) is 4.53. The maximum Gasteiger partial charge on any atom is 3.00 e. The van der Waals surface area contributed by atoms with Crippen LogP contribution in [0.2, 0.25) is 0 Å². The molecule has 0 heterocycles. The van der Waals surface area contributed by atoms with Crippen molar-refractivity contribution in [3.05, 3.63) is 140 Å². The molecule has 15 heteroatoms. The second-order valence-electron chi connectivity index (χ2n) is 9.97. The van der Waals surface area contributed by atoms with Gasteiger partial charge >= 0.3 is 18.8 Å². The van der Waals surface area contributed by atoms with Gasteiger partial charge in [0.15, 0.2) is 0 Å². The van der Waals surface area contributed by atoms with Gasteiger partial charge in [-0.3, -0.25) is 19.7 Å². The molecule has 237 valence electrons. The molecule has 4 aromatic carbocycles. The Hall–Kier alpha value is -6.11. The molecule has 4 aromatic rings. The number of azo groups is 1. The van der Waals surface area contributed by atoms with Crippen molar-refractivity contribution < 1.29 is 43.5 Å². The first-order valence-corrected chi connectivity index (χ1v) is 13.7. The quantitative estimate of drug-likeness (QED) is 0.112. The Balaban J connectivity index is 0.000000255. The van der Waals surface area contributed by atoms with E-state index >= 15 is 0 Å². The first kappa shape index (κ1) is 34.8. The molecular formula is C33H21CrN6O8. The second kappa shape index (κ2) is 15.0. The fraction of sp³-hybridized carbons (Fsp3) is 0.0303. The molecule has 14 nitrogen and oxygen atoms in total. The zero-order valence-corrected chi connectivity index (χ0v) is 25.9. The van der Waals surface area contributed by atoms with Crippen LogP contribution in [0.25, 0.3) is 16.8 Å². The summed E-state index contributed by atoms with van der Waals surface area (Å²) in [6.45, 7) is 1.61. The van der Waals surface area contributed by atoms with Crippen LogP contribution in [0.1, 0.15) is 18.1 Å². The van der Waals surface area contributed by atoms with Gasteiger partial charge in [0.1, 0.15) is 11.4 Å². The molecule has 0 amide bonds. The van der Waals surface area contributed by atoms with Gasteiger partial charge < -0.3 is 25.9 Å².